The van der Waals surface area contributed by atoms with E-state index in [1.165, 1.54) is 51.6 Å². The van der Waals surface area contributed by atoms with E-state index in [2.05, 4.69) is 13.8 Å². The number of piperidine rings is 1. The number of quaternary nitrogens is 1. The first-order valence-corrected chi connectivity index (χ1v) is 5.95. The maximum Gasteiger partial charge on any atom is 0.0874 e. The molecule has 0 aromatic heterocycles. The number of nitrogens with one attached hydrogen (secondary N) is 1. The van der Waals surface area contributed by atoms with E-state index in [0.29, 0.717) is 0 Å². The first kappa shape index (κ1) is 13.4. The topological polar surface area (TPSA) is 28.2 Å². The summed E-state index contributed by atoms with van der Waals surface area (Å²) in [6.45, 7) is 12.2. The van der Waals surface area contributed by atoms with Crippen LogP contribution in [-0.2, 0) is 0 Å². The Hall–Kier alpha value is -0.550. The SMILES string of the molecule is CCCCC1CCCC[NH+]1CC.[C-]#N. The molecule has 2 unspecified atom stereocenters. The molecule has 82 valence electrons. The Labute approximate surface area is 88.9 Å². The average molecular weight is 196 g/mol. The van der Waals surface area contributed by atoms with Crippen molar-refractivity contribution in [3.8, 4) is 0 Å². The minimum Gasteiger partial charge on any atom is -0.512 e. The molecule has 0 saturated carbocycles. The normalized spacial score (nSPS) is 26.3. The summed E-state index contributed by atoms with van der Waals surface area (Å²) in [4.78, 5) is 1.87. The Morgan fingerprint density at radius 2 is 2.00 bits per heavy atom. The van der Waals surface area contributed by atoms with Crippen molar-refractivity contribution in [3.63, 3.8) is 0 Å². The Morgan fingerprint density at radius 3 is 2.57 bits per heavy atom. The Kier molecular flexibility index (Phi) is 8.67. The van der Waals surface area contributed by atoms with E-state index in [9.17, 15) is 0 Å². The third-order valence-corrected chi connectivity index (χ3v) is 3.24. The summed E-state index contributed by atoms with van der Waals surface area (Å²) in [6.07, 6.45) is 8.72. The highest BCUT2D eigenvalue weighted by Gasteiger charge is 2.23. The first-order chi connectivity index (χ1) is 6.88. The van der Waals surface area contributed by atoms with Crippen LogP contribution in [0.25, 0.3) is 0 Å². The maximum atomic E-state index is 6.25. The number of hydrogen-bond acceptors (Lipinski definition) is 1. The first-order valence-electron chi connectivity index (χ1n) is 5.95. The number of unbranched alkanes of at least 4 members (excludes halogenated alkanes) is 1. The molecule has 1 N–H and O–H groups in total. The molecule has 0 aromatic carbocycles. The maximum absolute atomic E-state index is 6.25. The van der Waals surface area contributed by atoms with Gasteiger partial charge in [0.2, 0.25) is 0 Å². The second kappa shape index (κ2) is 9.02. The van der Waals surface area contributed by atoms with Gasteiger partial charge in [0.05, 0.1) is 19.1 Å². The molecule has 1 aliphatic heterocycles. The third-order valence-electron chi connectivity index (χ3n) is 3.24. The molecule has 2 atom stereocenters. The molecule has 0 bridgehead atoms. The largest absolute Gasteiger partial charge is 0.512 e. The fraction of sp³-hybridized carbons (Fsp3) is 0.917. The molecule has 0 amide bonds. The van der Waals surface area contributed by atoms with Crippen LogP contribution in [0.15, 0.2) is 0 Å². The molecule has 1 rings (SSSR count). The van der Waals surface area contributed by atoms with Crippen LogP contribution in [0.4, 0.5) is 0 Å². The summed E-state index contributed by atoms with van der Waals surface area (Å²) < 4.78 is 0. The fourth-order valence-electron chi connectivity index (χ4n) is 2.42. The summed E-state index contributed by atoms with van der Waals surface area (Å²) >= 11 is 0. The van der Waals surface area contributed by atoms with E-state index in [0.717, 1.165) is 6.04 Å². The van der Waals surface area contributed by atoms with Crippen LogP contribution in [0.5, 0.6) is 0 Å². The lowest BCUT2D eigenvalue weighted by Crippen LogP contribution is -3.16. The summed E-state index contributed by atoms with van der Waals surface area (Å²) in [5, 5.41) is 6.25. The molecular weight excluding hydrogens is 172 g/mol. The van der Waals surface area contributed by atoms with Crippen molar-refractivity contribution in [2.75, 3.05) is 13.1 Å². The third kappa shape index (κ3) is 4.62. The van der Waals surface area contributed by atoms with Crippen LogP contribution in [0.2, 0.25) is 0 Å². The summed E-state index contributed by atoms with van der Waals surface area (Å²) in [7, 11) is 0. The van der Waals surface area contributed by atoms with E-state index >= 15 is 0 Å². The molecule has 0 spiro atoms. The second-order valence-corrected chi connectivity index (χ2v) is 4.10. The van der Waals surface area contributed by atoms with Crippen LogP contribution in [0.1, 0.15) is 52.4 Å². The highest BCUT2D eigenvalue weighted by Crippen LogP contribution is 2.09. The molecule has 2 nitrogen and oxygen atoms in total. The van der Waals surface area contributed by atoms with Gasteiger partial charge in [-0.15, -0.1) is 0 Å². The van der Waals surface area contributed by atoms with Crippen molar-refractivity contribution in [1.29, 1.82) is 5.26 Å². The Balaban J connectivity index is 0.000000791. The van der Waals surface area contributed by atoms with Gasteiger partial charge in [0.25, 0.3) is 0 Å². The summed E-state index contributed by atoms with van der Waals surface area (Å²) in [5.74, 6) is 0. The molecule has 1 fully saturated rings. The highest BCUT2D eigenvalue weighted by molar-refractivity contribution is 4.61. The van der Waals surface area contributed by atoms with Crippen molar-refractivity contribution in [3.05, 3.63) is 6.57 Å². The van der Waals surface area contributed by atoms with Crippen molar-refractivity contribution in [1.82, 2.24) is 0 Å². The number of hydrogen-bond donors (Lipinski definition) is 1. The van der Waals surface area contributed by atoms with E-state index in [1.807, 2.05) is 4.90 Å². The van der Waals surface area contributed by atoms with Crippen LogP contribution in [-0.4, -0.2) is 19.1 Å². The van der Waals surface area contributed by atoms with Crippen molar-refractivity contribution < 1.29 is 4.90 Å². The Bertz CT molecular complexity index is 143. The van der Waals surface area contributed by atoms with Gasteiger partial charge in [-0.1, -0.05) is 13.3 Å². The summed E-state index contributed by atoms with van der Waals surface area (Å²) in [5.41, 5.74) is 0. The predicted molar refractivity (Wildman–Crippen MR) is 58.5 cm³/mol. The van der Waals surface area contributed by atoms with Gasteiger partial charge in [-0.2, -0.15) is 0 Å². The Morgan fingerprint density at radius 1 is 1.29 bits per heavy atom. The van der Waals surface area contributed by atoms with E-state index < -0.39 is 0 Å². The van der Waals surface area contributed by atoms with Crippen molar-refractivity contribution in [2.45, 2.75) is 58.4 Å². The lowest BCUT2D eigenvalue weighted by Gasteiger charge is -2.31. The molecule has 0 aliphatic carbocycles. The van der Waals surface area contributed by atoms with Gasteiger partial charge in [0, 0.05) is 0 Å². The molecule has 2 heteroatoms. The molecule has 0 aromatic rings. The van der Waals surface area contributed by atoms with Gasteiger partial charge < -0.3 is 16.7 Å². The zero-order valence-corrected chi connectivity index (χ0v) is 9.68. The molecule has 1 saturated heterocycles. The van der Waals surface area contributed by atoms with Crippen molar-refractivity contribution >= 4 is 0 Å². The van der Waals surface area contributed by atoms with E-state index in [4.69, 9.17) is 11.8 Å². The van der Waals surface area contributed by atoms with Gasteiger partial charge >= 0.3 is 0 Å². The van der Waals surface area contributed by atoms with Crippen molar-refractivity contribution in [2.24, 2.45) is 0 Å². The molecular formula is C12H24N2. The van der Waals surface area contributed by atoms with E-state index in [1.54, 1.807) is 0 Å². The fourth-order valence-corrected chi connectivity index (χ4v) is 2.42. The lowest BCUT2D eigenvalue weighted by molar-refractivity contribution is -0.929. The summed E-state index contributed by atoms with van der Waals surface area (Å²) in [6, 6.07) is 1.00. The van der Waals surface area contributed by atoms with Gasteiger partial charge in [0.1, 0.15) is 0 Å². The zero-order valence-electron chi connectivity index (χ0n) is 9.68. The van der Waals surface area contributed by atoms with Crippen LogP contribution in [0, 0.1) is 11.8 Å². The van der Waals surface area contributed by atoms with Crippen LogP contribution >= 0.6 is 0 Å². The van der Waals surface area contributed by atoms with Gasteiger partial charge in [-0.3, -0.25) is 0 Å². The molecule has 1 aliphatic rings. The zero-order chi connectivity index (χ0) is 10.8. The van der Waals surface area contributed by atoms with Gasteiger partial charge in [-0.05, 0) is 39.0 Å². The molecule has 1 heterocycles. The van der Waals surface area contributed by atoms with Gasteiger partial charge in [-0.25, -0.2) is 0 Å². The lowest BCUT2D eigenvalue weighted by atomic mass is 9.97. The van der Waals surface area contributed by atoms with E-state index in [-0.39, 0.29) is 0 Å². The molecule has 14 heavy (non-hydrogen) atoms. The van der Waals surface area contributed by atoms with Crippen LogP contribution < -0.4 is 4.90 Å². The van der Waals surface area contributed by atoms with Gasteiger partial charge in [0.15, 0.2) is 0 Å². The number of rotatable bonds is 4. The predicted octanol–water partition coefficient (Wildman–Crippen LogP) is 1.73. The van der Waals surface area contributed by atoms with Crippen LogP contribution in [0.3, 0.4) is 0 Å². The number of likely N-dealkylation sites (tertiary alicyclic amines) is 1. The second-order valence-electron chi connectivity index (χ2n) is 4.10. The molecule has 0 radical (unpaired) electrons. The smallest absolute Gasteiger partial charge is 0.0874 e. The minimum absolute atomic E-state index is 1.00. The minimum atomic E-state index is 1.00. The highest BCUT2D eigenvalue weighted by atomic mass is 15.2. The quantitative estimate of drug-likeness (QED) is 0.681. The standard InChI is InChI=1S/C11H23N.CN/c1-3-5-8-11-9-6-7-10-12(11)4-2;1-2/h11H,3-10H2,1-2H3;/q;-1/p+1. The number of nitrogens with zero attached hydrogens (tertiary/aromatic N) is 1. The average Bonchev–Trinajstić information content (AvgIpc) is 2.29. The monoisotopic (exact) mass is 196 g/mol.